The van der Waals surface area contributed by atoms with Crippen molar-refractivity contribution < 1.29 is 14.2 Å². The van der Waals surface area contributed by atoms with Gasteiger partial charge in [-0.25, -0.2) is 0 Å². The Morgan fingerprint density at radius 3 is 2.70 bits per heavy atom. The molecule has 0 aliphatic heterocycles. The zero-order valence-electron chi connectivity index (χ0n) is 14.6. The predicted octanol–water partition coefficient (Wildman–Crippen LogP) is 1.75. The lowest BCUT2D eigenvalue weighted by atomic mass is 10.0. The van der Waals surface area contributed by atoms with Crippen LogP contribution in [0, 0.1) is 16.0 Å². The molecule has 0 saturated carbocycles. The van der Waals surface area contributed by atoms with E-state index in [1.54, 1.807) is 24.5 Å². The van der Waals surface area contributed by atoms with Gasteiger partial charge >= 0.3 is 5.82 Å². The third-order valence-electron chi connectivity index (χ3n) is 3.75. The van der Waals surface area contributed by atoms with Gasteiger partial charge in [0.1, 0.15) is 12.6 Å². The molecule has 3 aromatic rings. The van der Waals surface area contributed by atoms with Gasteiger partial charge in [0.2, 0.25) is 17.6 Å². The van der Waals surface area contributed by atoms with Crippen LogP contribution in [0.25, 0.3) is 11.4 Å². The lowest BCUT2D eigenvalue weighted by Gasteiger charge is -2.18. The Bertz CT molecular complexity index is 935. The Morgan fingerprint density at radius 2 is 2.07 bits per heavy atom. The van der Waals surface area contributed by atoms with Crippen LogP contribution in [0.2, 0.25) is 0 Å². The molecular formula is C16H17N7O4. The minimum absolute atomic E-state index is 0.0216. The molecule has 1 N–H and O–H groups in total. The van der Waals surface area contributed by atoms with Gasteiger partial charge in [0, 0.05) is 18.0 Å². The highest BCUT2D eigenvalue weighted by atomic mass is 16.6. The molecule has 0 spiro atoms. The fraction of sp³-hybridized carbons (Fsp3) is 0.312. The van der Waals surface area contributed by atoms with Crippen LogP contribution in [0.1, 0.15) is 25.8 Å². The highest BCUT2D eigenvalue weighted by molar-refractivity contribution is 5.76. The lowest BCUT2D eigenvalue weighted by molar-refractivity contribution is -0.389. The number of aromatic nitrogens is 5. The second-order valence-corrected chi connectivity index (χ2v) is 6.11. The van der Waals surface area contributed by atoms with Gasteiger partial charge in [0.05, 0.1) is 17.4 Å². The summed E-state index contributed by atoms with van der Waals surface area (Å²) in [6.07, 6.45) is 4.61. The minimum Gasteiger partial charge on any atom is -0.358 e. The molecule has 27 heavy (non-hydrogen) atoms. The molecule has 1 atom stereocenters. The Kier molecular flexibility index (Phi) is 5.20. The molecule has 0 aliphatic rings. The Balaban J connectivity index is 1.71. The average molecular weight is 371 g/mol. The fourth-order valence-electron chi connectivity index (χ4n) is 2.40. The molecule has 0 radical (unpaired) electrons. The number of carbonyl (C=O) groups excluding carboxylic acids is 1. The summed E-state index contributed by atoms with van der Waals surface area (Å²) in [5, 5.41) is 21.1. The number of carbonyl (C=O) groups is 1. The normalized spacial score (nSPS) is 12.1. The summed E-state index contributed by atoms with van der Waals surface area (Å²) in [5.74, 6) is -0.0456. The lowest BCUT2D eigenvalue weighted by Crippen LogP contribution is -2.34. The Labute approximate surface area is 153 Å². The summed E-state index contributed by atoms with van der Waals surface area (Å²) in [6, 6.07) is 4.22. The molecule has 0 saturated heterocycles. The van der Waals surface area contributed by atoms with E-state index in [0.717, 1.165) is 5.56 Å². The predicted molar refractivity (Wildman–Crippen MR) is 92.1 cm³/mol. The van der Waals surface area contributed by atoms with Crippen molar-refractivity contribution in [1.82, 2.24) is 30.2 Å². The summed E-state index contributed by atoms with van der Waals surface area (Å²) in [7, 11) is 0. The standard InChI is InChI=1S/C16H17N7O4/c1-10(2)14(16-19-15(21-27-16)11-3-6-17-7-4-11)18-13(24)9-22-8-5-12(20-22)23(25)26/h3-8,10,14H,9H2,1-2H3,(H,18,24). The number of rotatable bonds is 7. The van der Waals surface area contributed by atoms with Crippen molar-refractivity contribution in [2.75, 3.05) is 0 Å². The molecule has 0 aromatic carbocycles. The molecule has 3 aromatic heterocycles. The maximum Gasteiger partial charge on any atom is 0.389 e. The van der Waals surface area contributed by atoms with E-state index < -0.39 is 11.0 Å². The first-order chi connectivity index (χ1) is 12.9. The molecule has 3 rings (SSSR count). The Morgan fingerprint density at radius 1 is 1.33 bits per heavy atom. The van der Waals surface area contributed by atoms with Crippen LogP contribution in [0.4, 0.5) is 5.82 Å². The van der Waals surface area contributed by atoms with Crippen molar-refractivity contribution in [3.8, 4) is 11.4 Å². The van der Waals surface area contributed by atoms with E-state index in [1.165, 1.54) is 16.9 Å². The summed E-state index contributed by atoms with van der Waals surface area (Å²) >= 11 is 0. The van der Waals surface area contributed by atoms with Crippen molar-refractivity contribution in [2.45, 2.75) is 26.4 Å². The van der Waals surface area contributed by atoms with Crippen molar-refractivity contribution in [3.05, 3.63) is 52.8 Å². The van der Waals surface area contributed by atoms with Crippen molar-refractivity contribution in [1.29, 1.82) is 0 Å². The molecule has 1 amide bonds. The molecule has 0 aliphatic carbocycles. The SMILES string of the molecule is CC(C)C(NC(=O)Cn1ccc([N+](=O)[O-])n1)c1nc(-c2ccncc2)no1. The molecule has 3 heterocycles. The highest BCUT2D eigenvalue weighted by Crippen LogP contribution is 2.23. The van der Waals surface area contributed by atoms with Crippen LogP contribution in [0.15, 0.2) is 41.3 Å². The van der Waals surface area contributed by atoms with E-state index in [1.807, 2.05) is 13.8 Å². The minimum atomic E-state index is -0.621. The second kappa shape index (κ2) is 7.72. The van der Waals surface area contributed by atoms with E-state index in [-0.39, 0.29) is 30.1 Å². The Hall–Kier alpha value is -3.63. The van der Waals surface area contributed by atoms with Gasteiger partial charge in [0.25, 0.3) is 0 Å². The molecule has 140 valence electrons. The van der Waals surface area contributed by atoms with Crippen molar-refractivity contribution in [3.63, 3.8) is 0 Å². The summed E-state index contributed by atoms with van der Waals surface area (Å²) < 4.78 is 6.52. The van der Waals surface area contributed by atoms with E-state index in [2.05, 4.69) is 25.5 Å². The van der Waals surface area contributed by atoms with Crippen molar-refractivity contribution >= 4 is 11.7 Å². The number of hydrogen-bond donors (Lipinski definition) is 1. The topological polar surface area (TPSA) is 142 Å². The number of pyridine rings is 1. The zero-order valence-corrected chi connectivity index (χ0v) is 14.6. The van der Waals surface area contributed by atoms with Gasteiger partial charge in [-0.3, -0.25) is 9.78 Å². The maximum atomic E-state index is 12.3. The smallest absolute Gasteiger partial charge is 0.358 e. The first-order valence-electron chi connectivity index (χ1n) is 8.15. The molecule has 0 fully saturated rings. The largest absolute Gasteiger partial charge is 0.389 e. The first kappa shape index (κ1) is 18.2. The molecule has 11 heteroatoms. The summed E-state index contributed by atoms with van der Waals surface area (Å²) in [5.41, 5.74) is 0.748. The molecule has 0 bridgehead atoms. The van der Waals surface area contributed by atoms with Crippen LogP contribution in [0.3, 0.4) is 0 Å². The summed E-state index contributed by atoms with van der Waals surface area (Å²) in [4.78, 5) is 30.7. The molecule has 11 nitrogen and oxygen atoms in total. The van der Waals surface area contributed by atoms with Gasteiger partial charge in [-0.15, -0.1) is 0 Å². The maximum absolute atomic E-state index is 12.3. The van der Waals surface area contributed by atoms with E-state index in [0.29, 0.717) is 5.82 Å². The molecule has 1 unspecified atom stereocenters. The van der Waals surface area contributed by atoms with E-state index in [9.17, 15) is 14.9 Å². The average Bonchev–Trinajstić information content (AvgIpc) is 3.30. The first-order valence-corrected chi connectivity index (χ1v) is 8.15. The number of nitro groups is 1. The van der Waals surface area contributed by atoms with E-state index >= 15 is 0 Å². The quantitative estimate of drug-likeness (QED) is 0.489. The van der Waals surface area contributed by atoms with Gasteiger partial charge < -0.3 is 20.0 Å². The number of nitrogens with zero attached hydrogens (tertiary/aromatic N) is 6. The molecular weight excluding hydrogens is 354 g/mol. The van der Waals surface area contributed by atoms with Crippen molar-refractivity contribution in [2.24, 2.45) is 5.92 Å². The van der Waals surface area contributed by atoms with E-state index in [4.69, 9.17) is 4.52 Å². The third-order valence-corrected chi connectivity index (χ3v) is 3.75. The van der Waals surface area contributed by atoms with Crippen LogP contribution < -0.4 is 5.32 Å². The third kappa shape index (κ3) is 4.32. The highest BCUT2D eigenvalue weighted by Gasteiger charge is 2.25. The van der Waals surface area contributed by atoms with Crippen LogP contribution in [0.5, 0.6) is 0 Å². The monoisotopic (exact) mass is 371 g/mol. The van der Waals surface area contributed by atoms with Crippen LogP contribution >= 0.6 is 0 Å². The van der Waals surface area contributed by atoms with Gasteiger partial charge in [0.15, 0.2) is 0 Å². The number of amides is 1. The zero-order chi connectivity index (χ0) is 19.4. The number of hydrogen-bond acceptors (Lipinski definition) is 8. The second-order valence-electron chi connectivity index (χ2n) is 6.11. The van der Waals surface area contributed by atoms with Crippen LogP contribution in [-0.4, -0.2) is 35.7 Å². The fourth-order valence-corrected chi connectivity index (χ4v) is 2.40. The van der Waals surface area contributed by atoms with Crippen LogP contribution in [-0.2, 0) is 11.3 Å². The summed E-state index contributed by atoms with van der Waals surface area (Å²) in [6.45, 7) is 3.64. The van der Waals surface area contributed by atoms with Gasteiger partial charge in [-0.2, -0.15) is 9.67 Å². The number of nitrogens with one attached hydrogen (secondary N) is 1. The van der Waals surface area contributed by atoms with Gasteiger partial charge in [-0.05, 0) is 23.0 Å². The van der Waals surface area contributed by atoms with Gasteiger partial charge in [-0.1, -0.05) is 19.0 Å².